The van der Waals surface area contributed by atoms with Gasteiger partial charge in [-0.25, -0.2) is 0 Å². The predicted octanol–water partition coefficient (Wildman–Crippen LogP) is 5.24. The Kier molecular flexibility index (Phi) is 5.66. The van der Waals surface area contributed by atoms with Crippen LogP contribution in [0.2, 0.25) is 0 Å². The Hall–Kier alpha value is -4.47. The number of hydrogen-bond donors (Lipinski definition) is 1. The van der Waals surface area contributed by atoms with Crippen molar-refractivity contribution in [2.75, 3.05) is 4.90 Å². The molecule has 1 aliphatic heterocycles. The van der Waals surface area contributed by atoms with Crippen molar-refractivity contribution < 1.29 is 32.8 Å². The van der Waals surface area contributed by atoms with Gasteiger partial charge >= 0.3 is 6.18 Å². The molecule has 1 amide bonds. The molecule has 0 saturated carbocycles. The Bertz CT molecular complexity index is 1340. The molecule has 34 heavy (non-hydrogen) atoms. The fraction of sp³-hybridized carbons (Fsp3) is 0.0833. The van der Waals surface area contributed by atoms with Gasteiger partial charge in [0.25, 0.3) is 17.4 Å². The molecule has 0 aliphatic carbocycles. The Morgan fingerprint density at radius 3 is 2.26 bits per heavy atom. The minimum Gasteiger partial charge on any atom is -0.507 e. The highest BCUT2D eigenvalue weighted by atomic mass is 19.4. The lowest BCUT2D eigenvalue weighted by molar-refractivity contribution is -0.384. The molecule has 1 aliphatic rings. The molecule has 4 rings (SSSR count). The van der Waals surface area contributed by atoms with Crippen molar-refractivity contribution >= 4 is 28.8 Å². The Labute approximate surface area is 190 Å². The Morgan fingerprint density at radius 2 is 1.62 bits per heavy atom. The van der Waals surface area contributed by atoms with E-state index in [4.69, 9.17) is 0 Å². The number of amides is 1. The minimum absolute atomic E-state index is 0.0725. The van der Waals surface area contributed by atoms with Crippen LogP contribution in [0.1, 0.15) is 22.7 Å². The largest absolute Gasteiger partial charge is 0.507 e. The van der Waals surface area contributed by atoms with Crippen molar-refractivity contribution in [3.8, 4) is 0 Å². The van der Waals surface area contributed by atoms with E-state index in [0.29, 0.717) is 6.07 Å². The summed E-state index contributed by atoms with van der Waals surface area (Å²) in [6.07, 6.45) is -4.71. The van der Waals surface area contributed by atoms with E-state index in [2.05, 4.69) is 0 Å². The molecular formula is C24H15F3N2O5. The lowest BCUT2D eigenvalue weighted by atomic mass is 9.94. The molecule has 1 heterocycles. The van der Waals surface area contributed by atoms with Gasteiger partial charge in [0.2, 0.25) is 0 Å². The third-order valence-corrected chi connectivity index (χ3v) is 5.34. The van der Waals surface area contributed by atoms with Crippen molar-refractivity contribution in [3.05, 3.63) is 111 Å². The lowest BCUT2D eigenvalue weighted by Crippen LogP contribution is -2.29. The first-order chi connectivity index (χ1) is 16.1. The maximum Gasteiger partial charge on any atom is 0.416 e. The molecule has 10 heteroatoms. The minimum atomic E-state index is -4.71. The summed E-state index contributed by atoms with van der Waals surface area (Å²) >= 11 is 0. The molecule has 1 N–H and O–H groups in total. The van der Waals surface area contributed by atoms with E-state index in [-0.39, 0.29) is 22.5 Å². The molecule has 0 spiro atoms. The fourth-order valence-corrected chi connectivity index (χ4v) is 3.81. The van der Waals surface area contributed by atoms with Gasteiger partial charge in [-0.1, -0.05) is 48.5 Å². The molecule has 3 aromatic rings. The topological polar surface area (TPSA) is 101 Å². The van der Waals surface area contributed by atoms with E-state index >= 15 is 0 Å². The van der Waals surface area contributed by atoms with Gasteiger partial charge in [-0.05, 0) is 23.8 Å². The number of rotatable bonds is 4. The van der Waals surface area contributed by atoms with Crippen LogP contribution in [0.3, 0.4) is 0 Å². The normalized spacial score (nSPS) is 17.7. The summed E-state index contributed by atoms with van der Waals surface area (Å²) < 4.78 is 40.0. The van der Waals surface area contributed by atoms with Crippen LogP contribution in [0.4, 0.5) is 24.5 Å². The average molecular weight is 468 g/mol. The number of alkyl halides is 3. The summed E-state index contributed by atoms with van der Waals surface area (Å²) in [5.74, 6) is -2.85. The molecule has 7 nitrogen and oxygen atoms in total. The van der Waals surface area contributed by atoms with E-state index < -0.39 is 45.7 Å². The van der Waals surface area contributed by atoms with E-state index in [1.54, 1.807) is 18.2 Å². The number of aliphatic hydroxyl groups is 1. The van der Waals surface area contributed by atoms with Gasteiger partial charge in [-0.2, -0.15) is 13.2 Å². The molecule has 1 saturated heterocycles. The molecule has 0 unspecified atom stereocenters. The predicted molar refractivity (Wildman–Crippen MR) is 116 cm³/mol. The Morgan fingerprint density at radius 1 is 0.941 bits per heavy atom. The van der Waals surface area contributed by atoms with Gasteiger partial charge in [-0.3, -0.25) is 24.6 Å². The van der Waals surface area contributed by atoms with Gasteiger partial charge in [0, 0.05) is 23.4 Å². The van der Waals surface area contributed by atoms with Gasteiger partial charge in [0.15, 0.2) is 0 Å². The Balaban J connectivity index is 1.98. The number of nitrogens with zero attached hydrogens (tertiary/aromatic N) is 2. The van der Waals surface area contributed by atoms with E-state index in [1.165, 1.54) is 36.4 Å². The zero-order valence-electron chi connectivity index (χ0n) is 17.2. The van der Waals surface area contributed by atoms with Crippen LogP contribution in [-0.2, 0) is 15.8 Å². The number of aliphatic hydroxyl groups excluding tert-OH is 1. The van der Waals surface area contributed by atoms with Crippen LogP contribution >= 0.6 is 0 Å². The van der Waals surface area contributed by atoms with Crippen molar-refractivity contribution in [3.63, 3.8) is 0 Å². The second kappa shape index (κ2) is 8.47. The van der Waals surface area contributed by atoms with Crippen molar-refractivity contribution in [2.24, 2.45) is 0 Å². The van der Waals surface area contributed by atoms with Crippen LogP contribution in [-0.4, -0.2) is 21.7 Å². The molecule has 1 atom stereocenters. The number of nitro benzene ring substituents is 1. The monoisotopic (exact) mass is 468 g/mol. The van der Waals surface area contributed by atoms with Crippen molar-refractivity contribution in [1.29, 1.82) is 0 Å². The average Bonchev–Trinajstić information content (AvgIpc) is 3.09. The summed E-state index contributed by atoms with van der Waals surface area (Å²) in [6, 6.07) is 15.2. The number of halogens is 3. The summed E-state index contributed by atoms with van der Waals surface area (Å²) in [5, 5.41) is 22.2. The number of ketones is 1. The number of hydrogen-bond acceptors (Lipinski definition) is 5. The first kappa shape index (κ1) is 22.7. The maximum atomic E-state index is 13.3. The van der Waals surface area contributed by atoms with Crippen LogP contribution < -0.4 is 4.90 Å². The van der Waals surface area contributed by atoms with Crippen molar-refractivity contribution in [1.82, 2.24) is 0 Å². The number of non-ortho nitro benzene ring substituents is 1. The van der Waals surface area contributed by atoms with Crippen LogP contribution in [0.5, 0.6) is 0 Å². The van der Waals surface area contributed by atoms with Gasteiger partial charge < -0.3 is 5.11 Å². The summed E-state index contributed by atoms with van der Waals surface area (Å²) in [5.41, 5.74) is -1.78. The third kappa shape index (κ3) is 4.01. The van der Waals surface area contributed by atoms with Gasteiger partial charge in [0.05, 0.1) is 22.1 Å². The fourth-order valence-electron chi connectivity index (χ4n) is 3.81. The molecular weight excluding hydrogens is 453 g/mol. The number of Topliss-reactive ketones (excluding diaryl/α,β-unsaturated/α-hetero) is 1. The highest BCUT2D eigenvalue weighted by molar-refractivity contribution is 6.51. The third-order valence-electron chi connectivity index (χ3n) is 5.34. The second-order valence-electron chi connectivity index (χ2n) is 7.44. The first-order valence-electron chi connectivity index (χ1n) is 9.87. The summed E-state index contributed by atoms with van der Waals surface area (Å²) in [4.78, 5) is 37.5. The standard InChI is InChI=1S/C24H15F3N2O5/c25-24(26,27)16-9-5-10-17(13-16)28-20(15-8-4-11-18(12-15)29(33)34)19(22(31)23(28)32)21(30)14-6-2-1-3-7-14/h1-13,20,30H/b21-19+/t20-/m0/s1. The van der Waals surface area contributed by atoms with Crippen LogP contribution in [0.15, 0.2) is 84.4 Å². The quantitative estimate of drug-likeness (QED) is 0.186. The molecule has 0 bridgehead atoms. The summed E-state index contributed by atoms with van der Waals surface area (Å²) in [7, 11) is 0. The van der Waals surface area contributed by atoms with E-state index in [0.717, 1.165) is 23.1 Å². The second-order valence-corrected chi connectivity index (χ2v) is 7.44. The smallest absolute Gasteiger partial charge is 0.416 e. The zero-order valence-corrected chi connectivity index (χ0v) is 17.2. The molecule has 0 aromatic heterocycles. The number of benzene rings is 3. The van der Waals surface area contributed by atoms with E-state index in [9.17, 15) is 38.0 Å². The summed E-state index contributed by atoms with van der Waals surface area (Å²) in [6.45, 7) is 0. The molecule has 1 fully saturated rings. The number of anilines is 1. The van der Waals surface area contributed by atoms with Gasteiger partial charge in [-0.15, -0.1) is 0 Å². The molecule has 3 aromatic carbocycles. The number of carbonyl (C=O) groups is 2. The zero-order chi connectivity index (χ0) is 24.6. The lowest BCUT2D eigenvalue weighted by Gasteiger charge is -2.26. The van der Waals surface area contributed by atoms with Crippen molar-refractivity contribution in [2.45, 2.75) is 12.2 Å². The molecule has 0 radical (unpaired) electrons. The number of carbonyl (C=O) groups excluding carboxylic acids is 2. The maximum absolute atomic E-state index is 13.3. The van der Waals surface area contributed by atoms with Crippen LogP contribution in [0.25, 0.3) is 5.76 Å². The highest BCUT2D eigenvalue weighted by Gasteiger charge is 2.47. The van der Waals surface area contributed by atoms with E-state index in [1.807, 2.05) is 0 Å². The first-order valence-corrected chi connectivity index (χ1v) is 9.87. The highest BCUT2D eigenvalue weighted by Crippen LogP contribution is 2.43. The van der Waals surface area contributed by atoms with Crippen LogP contribution in [0, 0.1) is 10.1 Å². The molecule has 172 valence electrons. The van der Waals surface area contributed by atoms with Gasteiger partial charge in [0.1, 0.15) is 5.76 Å². The SMILES string of the molecule is O=C1C(=O)N(c2cccc(C(F)(F)F)c2)[C@@H](c2cccc([N+](=O)[O-])c2)/C1=C(\O)c1ccccc1. The number of nitro groups is 1.